The average molecular weight is 298 g/mol. The van der Waals surface area contributed by atoms with E-state index in [0.29, 0.717) is 0 Å². The van der Waals surface area contributed by atoms with E-state index in [4.69, 9.17) is 0 Å². The predicted octanol–water partition coefficient (Wildman–Crippen LogP) is 3.96. The van der Waals surface area contributed by atoms with Crippen LogP contribution in [0.15, 0.2) is 73.4 Å². The highest BCUT2D eigenvalue weighted by atomic mass is 15.0. The van der Waals surface area contributed by atoms with Gasteiger partial charge in [0.05, 0.1) is 23.8 Å². The Bertz CT molecular complexity index is 957. The number of hydrogen-bond donors (Lipinski definition) is 0. The zero-order valence-electron chi connectivity index (χ0n) is 12.4. The van der Waals surface area contributed by atoms with Gasteiger partial charge in [0.2, 0.25) is 0 Å². The van der Waals surface area contributed by atoms with E-state index in [1.54, 1.807) is 12.4 Å². The Hall–Kier alpha value is -3.27. The highest BCUT2D eigenvalue weighted by molar-refractivity contribution is 5.69. The van der Waals surface area contributed by atoms with Gasteiger partial charge in [-0.3, -0.25) is 14.4 Å². The molecule has 0 amide bonds. The normalized spacial score (nSPS) is 11.3. The zero-order chi connectivity index (χ0) is 15.5. The molecule has 0 atom stereocenters. The minimum absolute atomic E-state index is 0.820. The minimum Gasteiger partial charge on any atom is -0.296 e. The van der Waals surface area contributed by atoms with Crippen molar-refractivity contribution in [2.75, 3.05) is 0 Å². The molecule has 4 nitrogen and oxygen atoms in total. The predicted molar refractivity (Wildman–Crippen MR) is 91.6 cm³/mol. The van der Waals surface area contributed by atoms with Crippen LogP contribution in [0.25, 0.3) is 29.1 Å². The molecule has 0 fully saturated rings. The topological polar surface area (TPSA) is 43.1 Å². The quantitative estimate of drug-likeness (QED) is 0.575. The summed E-state index contributed by atoms with van der Waals surface area (Å²) in [7, 11) is 0. The molecular weight excluding hydrogens is 284 g/mol. The Labute approximate surface area is 133 Å². The minimum atomic E-state index is 0.820. The Morgan fingerprint density at radius 2 is 1.74 bits per heavy atom. The lowest BCUT2D eigenvalue weighted by Crippen LogP contribution is -1.92. The molecule has 0 unspecified atom stereocenters. The molecule has 4 heteroatoms. The Kier molecular flexibility index (Phi) is 3.41. The van der Waals surface area contributed by atoms with E-state index in [0.717, 1.165) is 28.2 Å². The van der Waals surface area contributed by atoms with E-state index in [-0.39, 0.29) is 0 Å². The molecule has 0 saturated heterocycles. The molecule has 0 radical (unpaired) electrons. The fourth-order valence-electron chi connectivity index (χ4n) is 2.46. The number of hydrogen-bond acceptors (Lipinski definition) is 3. The summed E-state index contributed by atoms with van der Waals surface area (Å²) in [6.07, 6.45) is 13.3. The van der Waals surface area contributed by atoms with E-state index in [1.807, 2.05) is 59.4 Å². The van der Waals surface area contributed by atoms with Gasteiger partial charge in [-0.25, -0.2) is 4.98 Å². The second-order valence-electron chi connectivity index (χ2n) is 5.17. The van der Waals surface area contributed by atoms with Gasteiger partial charge < -0.3 is 0 Å². The molecule has 0 spiro atoms. The summed E-state index contributed by atoms with van der Waals surface area (Å²) >= 11 is 0. The molecule has 3 aromatic heterocycles. The molecule has 3 heterocycles. The maximum absolute atomic E-state index is 4.44. The van der Waals surface area contributed by atoms with Crippen LogP contribution in [0.2, 0.25) is 0 Å². The summed E-state index contributed by atoms with van der Waals surface area (Å²) in [5.41, 5.74) is 4.88. The monoisotopic (exact) mass is 298 g/mol. The van der Waals surface area contributed by atoms with E-state index < -0.39 is 0 Å². The first-order valence-corrected chi connectivity index (χ1v) is 7.37. The van der Waals surface area contributed by atoms with E-state index in [1.165, 1.54) is 0 Å². The summed E-state index contributed by atoms with van der Waals surface area (Å²) in [5.74, 6) is 0. The van der Waals surface area contributed by atoms with Crippen molar-refractivity contribution in [2.45, 2.75) is 0 Å². The maximum Gasteiger partial charge on any atom is 0.155 e. The molecule has 0 saturated carbocycles. The van der Waals surface area contributed by atoms with Gasteiger partial charge in [0.15, 0.2) is 5.65 Å². The molecule has 1 aromatic carbocycles. The van der Waals surface area contributed by atoms with Crippen LogP contribution >= 0.6 is 0 Å². The fraction of sp³-hybridized carbons (Fsp3) is 0. The first-order valence-electron chi connectivity index (χ1n) is 7.37. The second kappa shape index (κ2) is 5.85. The summed E-state index contributed by atoms with van der Waals surface area (Å²) in [6, 6.07) is 14.1. The fourth-order valence-corrected chi connectivity index (χ4v) is 2.46. The number of benzene rings is 1. The third-order valence-electron chi connectivity index (χ3n) is 3.62. The van der Waals surface area contributed by atoms with Gasteiger partial charge in [0.25, 0.3) is 0 Å². The van der Waals surface area contributed by atoms with Crippen LogP contribution < -0.4 is 0 Å². The summed E-state index contributed by atoms with van der Waals surface area (Å²) < 4.78 is 2.04. The van der Waals surface area contributed by atoms with Crippen molar-refractivity contribution in [1.82, 2.24) is 19.4 Å². The van der Waals surface area contributed by atoms with Crippen LogP contribution in [-0.2, 0) is 0 Å². The maximum atomic E-state index is 4.44. The van der Waals surface area contributed by atoms with Gasteiger partial charge in [0.1, 0.15) is 0 Å². The number of imidazole rings is 1. The van der Waals surface area contributed by atoms with Crippen LogP contribution in [0, 0.1) is 0 Å². The lowest BCUT2D eigenvalue weighted by molar-refractivity contribution is 1.11. The molecule has 0 aliphatic heterocycles. The molecule has 4 aromatic rings. The second-order valence-corrected chi connectivity index (χ2v) is 5.17. The SMILES string of the molecule is C(=C\c1cn2c(-c3cccnc3)cnc2cn1)/c1ccccc1. The van der Waals surface area contributed by atoms with Crippen molar-refractivity contribution < 1.29 is 0 Å². The van der Waals surface area contributed by atoms with Gasteiger partial charge in [0, 0.05) is 24.2 Å². The van der Waals surface area contributed by atoms with Crippen LogP contribution in [0.3, 0.4) is 0 Å². The standard InChI is InChI=1S/C19H14N4/c1-2-5-15(6-3-1)8-9-17-14-23-18(12-22-19(23)13-21-17)16-7-4-10-20-11-16/h1-14H/b9-8+. The summed E-state index contributed by atoms with van der Waals surface area (Å²) in [4.78, 5) is 13.0. The number of rotatable bonds is 3. The van der Waals surface area contributed by atoms with Gasteiger partial charge in [-0.2, -0.15) is 0 Å². The molecular formula is C19H14N4. The van der Waals surface area contributed by atoms with Crippen LogP contribution in [0.5, 0.6) is 0 Å². The third-order valence-corrected chi connectivity index (χ3v) is 3.62. The average Bonchev–Trinajstić information content (AvgIpc) is 3.05. The van der Waals surface area contributed by atoms with Gasteiger partial charge in [-0.05, 0) is 23.8 Å². The lowest BCUT2D eigenvalue weighted by atomic mass is 10.2. The number of pyridine rings is 1. The van der Waals surface area contributed by atoms with Crippen LogP contribution in [0.4, 0.5) is 0 Å². The number of fused-ring (bicyclic) bond motifs is 1. The zero-order valence-corrected chi connectivity index (χ0v) is 12.4. The number of aromatic nitrogens is 4. The molecule has 110 valence electrons. The smallest absolute Gasteiger partial charge is 0.155 e. The molecule has 0 N–H and O–H groups in total. The van der Waals surface area contributed by atoms with Crippen molar-refractivity contribution in [3.63, 3.8) is 0 Å². The van der Waals surface area contributed by atoms with Crippen molar-refractivity contribution in [3.8, 4) is 11.3 Å². The third kappa shape index (κ3) is 2.74. The molecule has 4 rings (SSSR count). The highest BCUT2D eigenvalue weighted by Crippen LogP contribution is 2.20. The van der Waals surface area contributed by atoms with Crippen molar-refractivity contribution in [1.29, 1.82) is 0 Å². The van der Waals surface area contributed by atoms with E-state index in [9.17, 15) is 0 Å². The Balaban J connectivity index is 1.74. The van der Waals surface area contributed by atoms with Crippen molar-refractivity contribution >= 4 is 17.8 Å². The summed E-state index contributed by atoms with van der Waals surface area (Å²) in [6.45, 7) is 0. The van der Waals surface area contributed by atoms with Crippen molar-refractivity contribution in [2.24, 2.45) is 0 Å². The number of nitrogens with zero attached hydrogens (tertiary/aromatic N) is 4. The molecule has 23 heavy (non-hydrogen) atoms. The van der Waals surface area contributed by atoms with Crippen molar-refractivity contribution in [3.05, 3.63) is 84.7 Å². The highest BCUT2D eigenvalue weighted by Gasteiger charge is 2.06. The van der Waals surface area contributed by atoms with Crippen LogP contribution in [0.1, 0.15) is 11.3 Å². The molecule has 0 aliphatic rings. The molecule has 0 bridgehead atoms. The largest absolute Gasteiger partial charge is 0.296 e. The lowest BCUT2D eigenvalue weighted by Gasteiger charge is -2.02. The Morgan fingerprint density at radius 3 is 2.57 bits per heavy atom. The van der Waals surface area contributed by atoms with Gasteiger partial charge in [-0.1, -0.05) is 36.4 Å². The van der Waals surface area contributed by atoms with E-state index >= 15 is 0 Å². The van der Waals surface area contributed by atoms with Crippen LogP contribution in [-0.4, -0.2) is 19.4 Å². The molecule has 0 aliphatic carbocycles. The van der Waals surface area contributed by atoms with Gasteiger partial charge >= 0.3 is 0 Å². The van der Waals surface area contributed by atoms with E-state index in [2.05, 4.69) is 33.2 Å². The Morgan fingerprint density at radius 1 is 0.826 bits per heavy atom. The van der Waals surface area contributed by atoms with Gasteiger partial charge in [-0.15, -0.1) is 0 Å². The first-order chi connectivity index (χ1) is 11.4. The first kappa shape index (κ1) is 13.4. The summed E-state index contributed by atoms with van der Waals surface area (Å²) in [5, 5.41) is 0.